The van der Waals surface area contributed by atoms with E-state index in [0.29, 0.717) is 22.5 Å². The van der Waals surface area contributed by atoms with Crippen molar-refractivity contribution in [3.63, 3.8) is 0 Å². The highest BCUT2D eigenvalue weighted by Crippen LogP contribution is 2.34. The first-order valence-electron chi connectivity index (χ1n) is 9.52. The van der Waals surface area contributed by atoms with E-state index in [2.05, 4.69) is 4.98 Å². The van der Waals surface area contributed by atoms with E-state index in [-0.39, 0.29) is 31.9 Å². The van der Waals surface area contributed by atoms with E-state index in [1.54, 1.807) is 12.1 Å². The molecule has 32 heavy (non-hydrogen) atoms. The predicted octanol–water partition coefficient (Wildman–Crippen LogP) is 3.67. The summed E-state index contributed by atoms with van der Waals surface area (Å²) in [6, 6.07) is 8.33. The zero-order chi connectivity index (χ0) is 23.1. The Hall–Kier alpha value is -3.25. The van der Waals surface area contributed by atoms with E-state index in [1.165, 1.54) is 18.5 Å². The van der Waals surface area contributed by atoms with Crippen LogP contribution in [0.2, 0.25) is 0 Å². The van der Waals surface area contributed by atoms with Crippen LogP contribution in [0.4, 0.5) is 24.5 Å². The van der Waals surface area contributed by atoms with E-state index < -0.39 is 31.6 Å². The molecular formula is C20H17F3N4O4S. The second-order valence-corrected chi connectivity index (χ2v) is 9.14. The molecule has 2 aromatic carbocycles. The van der Waals surface area contributed by atoms with Crippen molar-refractivity contribution in [2.24, 2.45) is 0 Å². The predicted molar refractivity (Wildman–Crippen MR) is 111 cm³/mol. The van der Waals surface area contributed by atoms with E-state index in [4.69, 9.17) is 0 Å². The van der Waals surface area contributed by atoms with Gasteiger partial charge in [0.1, 0.15) is 0 Å². The van der Waals surface area contributed by atoms with Crippen molar-refractivity contribution in [2.75, 3.05) is 31.1 Å². The maximum absolute atomic E-state index is 13.0. The zero-order valence-corrected chi connectivity index (χ0v) is 17.3. The van der Waals surface area contributed by atoms with Gasteiger partial charge in [0.25, 0.3) is 5.69 Å². The van der Waals surface area contributed by atoms with Crippen LogP contribution in [0, 0.1) is 10.1 Å². The third-order valence-electron chi connectivity index (χ3n) is 5.35. The highest BCUT2D eigenvalue weighted by Gasteiger charge is 2.34. The summed E-state index contributed by atoms with van der Waals surface area (Å²) in [5.74, 6) is 0. The Balaban J connectivity index is 1.58. The first kappa shape index (κ1) is 22.0. The summed E-state index contributed by atoms with van der Waals surface area (Å²) in [6.07, 6.45) is -1.72. The summed E-state index contributed by atoms with van der Waals surface area (Å²) >= 11 is 0. The Bertz CT molecular complexity index is 1290. The molecule has 168 valence electrons. The lowest BCUT2D eigenvalue weighted by molar-refractivity contribution is -0.383. The molecule has 0 aliphatic carbocycles. The monoisotopic (exact) mass is 466 g/mol. The van der Waals surface area contributed by atoms with Gasteiger partial charge in [0.2, 0.25) is 10.0 Å². The number of anilines is 1. The molecule has 0 atom stereocenters. The zero-order valence-electron chi connectivity index (χ0n) is 16.5. The molecule has 0 saturated carbocycles. The molecule has 0 spiro atoms. The molecule has 12 heteroatoms. The van der Waals surface area contributed by atoms with Crippen molar-refractivity contribution >= 4 is 32.2 Å². The molecule has 4 rings (SSSR count). The van der Waals surface area contributed by atoms with Crippen LogP contribution in [0.1, 0.15) is 5.56 Å². The number of non-ortho nitro benzene ring substituents is 1. The van der Waals surface area contributed by atoms with Gasteiger partial charge in [-0.15, -0.1) is 0 Å². The van der Waals surface area contributed by atoms with Crippen molar-refractivity contribution < 1.29 is 26.5 Å². The number of fused-ring (bicyclic) bond motifs is 1. The molecule has 0 amide bonds. The SMILES string of the molecule is O=[N+]([O-])c1ccc(N2CCN(S(=O)(=O)c3cccc(C(F)(F)F)c3)CC2)c2ccncc12. The van der Waals surface area contributed by atoms with Crippen molar-refractivity contribution in [3.8, 4) is 0 Å². The fraction of sp³-hybridized carbons (Fsp3) is 0.250. The van der Waals surface area contributed by atoms with Gasteiger partial charge >= 0.3 is 6.18 Å². The average molecular weight is 466 g/mol. The Morgan fingerprint density at radius 1 is 1.00 bits per heavy atom. The molecule has 3 aromatic rings. The summed E-state index contributed by atoms with van der Waals surface area (Å²) < 4.78 is 65.9. The molecule has 2 heterocycles. The molecular weight excluding hydrogens is 449 g/mol. The minimum absolute atomic E-state index is 0.0577. The molecule has 1 aliphatic rings. The van der Waals surface area contributed by atoms with E-state index >= 15 is 0 Å². The number of hydrogen-bond acceptors (Lipinski definition) is 6. The fourth-order valence-corrected chi connectivity index (χ4v) is 5.21. The van der Waals surface area contributed by atoms with Gasteiger partial charge in [-0.05, 0) is 30.3 Å². The van der Waals surface area contributed by atoms with Gasteiger partial charge in [0, 0.05) is 55.7 Å². The third-order valence-corrected chi connectivity index (χ3v) is 7.24. The minimum atomic E-state index is -4.64. The number of aromatic nitrogens is 1. The van der Waals surface area contributed by atoms with Gasteiger partial charge in [0.15, 0.2) is 0 Å². The molecule has 0 N–H and O–H groups in total. The number of nitrogens with zero attached hydrogens (tertiary/aromatic N) is 4. The number of sulfonamides is 1. The van der Waals surface area contributed by atoms with Crippen molar-refractivity contribution in [3.05, 3.63) is 70.5 Å². The molecule has 0 radical (unpaired) electrons. The van der Waals surface area contributed by atoms with Crippen molar-refractivity contribution in [1.29, 1.82) is 0 Å². The first-order valence-corrected chi connectivity index (χ1v) is 11.0. The maximum Gasteiger partial charge on any atom is 0.416 e. The van der Waals surface area contributed by atoms with Crippen LogP contribution in [-0.4, -0.2) is 48.8 Å². The Kier molecular flexibility index (Phi) is 5.51. The molecule has 0 unspecified atom stereocenters. The lowest BCUT2D eigenvalue weighted by Gasteiger charge is -2.36. The molecule has 1 aliphatic heterocycles. The molecule has 1 fully saturated rings. The third kappa shape index (κ3) is 3.98. The fourth-order valence-electron chi connectivity index (χ4n) is 3.75. The van der Waals surface area contributed by atoms with Gasteiger partial charge in [-0.1, -0.05) is 6.07 Å². The largest absolute Gasteiger partial charge is 0.416 e. The van der Waals surface area contributed by atoms with E-state index in [9.17, 15) is 31.7 Å². The van der Waals surface area contributed by atoms with Crippen molar-refractivity contribution in [2.45, 2.75) is 11.1 Å². The highest BCUT2D eigenvalue weighted by atomic mass is 32.2. The summed E-state index contributed by atoms with van der Waals surface area (Å²) in [4.78, 5) is 16.2. The van der Waals surface area contributed by atoms with Crippen LogP contribution in [0.15, 0.2) is 59.8 Å². The number of nitro benzene ring substituents is 1. The van der Waals surface area contributed by atoms with Crippen LogP contribution in [-0.2, 0) is 16.2 Å². The Labute approximate surface area is 181 Å². The number of rotatable bonds is 4. The van der Waals surface area contributed by atoms with Crippen molar-refractivity contribution in [1.82, 2.24) is 9.29 Å². The summed E-state index contributed by atoms with van der Waals surface area (Å²) in [6.45, 7) is 0.658. The van der Waals surface area contributed by atoms with Gasteiger partial charge in [0.05, 0.1) is 20.8 Å². The first-order chi connectivity index (χ1) is 15.1. The lowest BCUT2D eigenvalue weighted by atomic mass is 10.1. The van der Waals surface area contributed by atoms with Crippen LogP contribution < -0.4 is 4.90 Å². The lowest BCUT2D eigenvalue weighted by Crippen LogP contribution is -2.48. The molecule has 8 nitrogen and oxygen atoms in total. The molecule has 1 aromatic heterocycles. The van der Waals surface area contributed by atoms with E-state index in [0.717, 1.165) is 22.5 Å². The van der Waals surface area contributed by atoms with Gasteiger partial charge in [-0.3, -0.25) is 15.1 Å². The minimum Gasteiger partial charge on any atom is -0.368 e. The van der Waals surface area contributed by atoms with Crippen LogP contribution >= 0.6 is 0 Å². The number of pyridine rings is 1. The standard InChI is InChI=1S/C20H17F3N4O4S/c21-20(22,23)14-2-1-3-15(12-14)32(30,31)26-10-8-25(9-11-26)18-4-5-19(27(28)29)17-13-24-7-6-16(17)18/h1-7,12-13H,8-11H2. The highest BCUT2D eigenvalue weighted by molar-refractivity contribution is 7.89. The maximum atomic E-state index is 13.0. The number of piperazine rings is 1. The Morgan fingerprint density at radius 3 is 2.38 bits per heavy atom. The van der Waals surface area contributed by atoms with E-state index in [1.807, 2.05) is 4.90 Å². The molecule has 1 saturated heterocycles. The number of alkyl halides is 3. The topological polar surface area (TPSA) is 96.6 Å². The summed E-state index contributed by atoms with van der Waals surface area (Å²) in [7, 11) is -4.10. The Morgan fingerprint density at radius 2 is 1.72 bits per heavy atom. The normalized spacial score (nSPS) is 15.8. The summed E-state index contributed by atoms with van der Waals surface area (Å²) in [5.41, 5.74) is -0.408. The number of halogens is 3. The quantitative estimate of drug-likeness (QED) is 0.430. The second-order valence-electron chi connectivity index (χ2n) is 7.20. The smallest absolute Gasteiger partial charge is 0.368 e. The van der Waals surface area contributed by atoms with Crippen LogP contribution in [0.25, 0.3) is 10.8 Å². The van der Waals surface area contributed by atoms with Gasteiger partial charge in [-0.2, -0.15) is 17.5 Å². The number of benzene rings is 2. The molecule has 0 bridgehead atoms. The van der Waals surface area contributed by atoms with Gasteiger partial charge < -0.3 is 4.90 Å². The average Bonchev–Trinajstić information content (AvgIpc) is 2.78. The van der Waals surface area contributed by atoms with Crippen LogP contribution in [0.3, 0.4) is 0 Å². The summed E-state index contributed by atoms with van der Waals surface area (Å²) in [5, 5.41) is 12.3. The number of nitro groups is 1. The van der Waals surface area contributed by atoms with Gasteiger partial charge in [-0.25, -0.2) is 8.42 Å². The second kappa shape index (κ2) is 8.02. The number of hydrogen-bond donors (Lipinski definition) is 0. The van der Waals surface area contributed by atoms with Crippen LogP contribution in [0.5, 0.6) is 0 Å².